The number of H-pyrrole nitrogens is 1. The molecule has 0 aliphatic carbocycles. The fourth-order valence-corrected chi connectivity index (χ4v) is 1.19. The first-order chi connectivity index (χ1) is 6.79. The molecule has 0 unspecified atom stereocenters. The molecule has 0 fully saturated rings. The lowest BCUT2D eigenvalue weighted by molar-refractivity contribution is 0.997. The molecule has 0 amide bonds. The Kier molecular flexibility index (Phi) is 2.14. The molecular formula is C9H11N5. The van der Waals surface area contributed by atoms with Gasteiger partial charge in [0.05, 0.1) is 0 Å². The maximum Gasteiger partial charge on any atom is 0.197 e. The number of imidazole rings is 1. The Balaban J connectivity index is 2.48. The van der Waals surface area contributed by atoms with E-state index in [4.69, 9.17) is 5.73 Å². The number of rotatable bonds is 2. The predicted molar refractivity (Wildman–Crippen MR) is 53.4 cm³/mol. The van der Waals surface area contributed by atoms with Crippen LogP contribution in [0.25, 0.3) is 11.6 Å². The minimum Gasteiger partial charge on any atom is -0.384 e. The van der Waals surface area contributed by atoms with Crippen molar-refractivity contribution in [2.75, 3.05) is 5.73 Å². The average Bonchev–Trinajstić information content (AvgIpc) is 2.69. The highest BCUT2D eigenvalue weighted by Gasteiger charge is 2.05. The van der Waals surface area contributed by atoms with Gasteiger partial charge in [0.15, 0.2) is 11.6 Å². The molecule has 0 atom stereocenters. The summed E-state index contributed by atoms with van der Waals surface area (Å²) in [5.41, 5.74) is 6.57. The molecule has 0 aliphatic heterocycles. The Hall–Kier alpha value is -1.91. The highest BCUT2D eigenvalue weighted by Crippen LogP contribution is 2.12. The molecule has 72 valence electrons. The minimum atomic E-state index is 0.475. The molecule has 0 aliphatic rings. The predicted octanol–water partition coefficient (Wildman–Crippen LogP) is 1.01. The summed E-state index contributed by atoms with van der Waals surface area (Å²) in [4.78, 5) is 15.4. The number of nitrogens with zero attached hydrogens (tertiary/aromatic N) is 3. The lowest BCUT2D eigenvalue weighted by Gasteiger charge is -2.01. The second-order valence-corrected chi connectivity index (χ2v) is 2.90. The van der Waals surface area contributed by atoms with Crippen LogP contribution in [0.5, 0.6) is 0 Å². The third-order valence-electron chi connectivity index (χ3n) is 1.87. The fraction of sp³-hybridized carbons (Fsp3) is 0.222. The van der Waals surface area contributed by atoms with Crippen LogP contribution in [0.3, 0.4) is 0 Å². The zero-order valence-corrected chi connectivity index (χ0v) is 7.86. The SMILES string of the molecule is CCc1cc(N)nc(-c2ncc[nH]2)n1. The van der Waals surface area contributed by atoms with Gasteiger partial charge in [-0.15, -0.1) is 0 Å². The summed E-state index contributed by atoms with van der Waals surface area (Å²) >= 11 is 0. The van der Waals surface area contributed by atoms with E-state index in [9.17, 15) is 0 Å². The number of nitrogens with two attached hydrogens (primary N) is 1. The molecule has 3 N–H and O–H groups in total. The van der Waals surface area contributed by atoms with Gasteiger partial charge in [0, 0.05) is 24.2 Å². The van der Waals surface area contributed by atoms with Crippen molar-refractivity contribution in [3.8, 4) is 11.6 Å². The molecular weight excluding hydrogens is 178 g/mol. The molecule has 5 nitrogen and oxygen atoms in total. The van der Waals surface area contributed by atoms with Crippen LogP contribution in [0, 0.1) is 0 Å². The van der Waals surface area contributed by atoms with Crippen molar-refractivity contribution in [1.82, 2.24) is 19.9 Å². The van der Waals surface area contributed by atoms with Gasteiger partial charge in [-0.3, -0.25) is 0 Å². The summed E-state index contributed by atoms with van der Waals surface area (Å²) in [5, 5.41) is 0. The van der Waals surface area contributed by atoms with E-state index < -0.39 is 0 Å². The maximum absolute atomic E-state index is 5.65. The Morgan fingerprint density at radius 2 is 2.29 bits per heavy atom. The molecule has 5 heteroatoms. The number of anilines is 1. The molecule has 0 saturated carbocycles. The van der Waals surface area contributed by atoms with Gasteiger partial charge in [-0.05, 0) is 6.42 Å². The van der Waals surface area contributed by atoms with Gasteiger partial charge in [-0.2, -0.15) is 0 Å². The Bertz CT molecular complexity index is 421. The summed E-state index contributed by atoms with van der Waals surface area (Å²) in [5.74, 6) is 1.67. The van der Waals surface area contributed by atoms with Crippen LogP contribution in [-0.4, -0.2) is 19.9 Å². The number of nitrogens with one attached hydrogen (secondary N) is 1. The average molecular weight is 189 g/mol. The fourth-order valence-electron chi connectivity index (χ4n) is 1.19. The summed E-state index contributed by atoms with van der Waals surface area (Å²) in [6, 6.07) is 1.77. The second kappa shape index (κ2) is 3.45. The van der Waals surface area contributed by atoms with Gasteiger partial charge >= 0.3 is 0 Å². The summed E-state index contributed by atoms with van der Waals surface area (Å²) in [6.45, 7) is 2.02. The van der Waals surface area contributed by atoms with Crippen molar-refractivity contribution in [3.63, 3.8) is 0 Å². The third kappa shape index (κ3) is 1.56. The van der Waals surface area contributed by atoms with Crippen molar-refractivity contribution >= 4 is 5.82 Å². The van der Waals surface area contributed by atoms with Crippen LogP contribution >= 0.6 is 0 Å². The molecule has 0 radical (unpaired) electrons. The molecule has 14 heavy (non-hydrogen) atoms. The molecule has 0 aromatic carbocycles. The zero-order valence-electron chi connectivity index (χ0n) is 7.86. The topological polar surface area (TPSA) is 80.5 Å². The van der Waals surface area contributed by atoms with Crippen LogP contribution < -0.4 is 5.73 Å². The van der Waals surface area contributed by atoms with E-state index in [0.29, 0.717) is 17.5 Å². The molecule has 0 spiro atoms. The highest BCUT2D eigenvalue weighted by atomic mass is 15.0. The minimum absolute atomic E-state index is 0.475. The van der Waals surface area contributed by atoms with Crippen molar-refractivity contribution < 1.29 is 0 Å². The molecule has 2 aromatic heterocycles. The summed E-state index contributed by atoms with van der Waals surface area (Å²) in [6.07, 6.45) is 4.22. The highest BCUT2D eigenvalue weighted by molar-refractivity contribution is 5.47. The van der Waals surface area contributed by atoms with E-state index in [1.807, 2.05) is 6.92 Å². The molecule has 2 heterocycles. The Labute approximate surface area is 81.4 Å². The zero-order chi connectivity index (χ0) is 9.97. The number of hydrogen-bond donors (Lipinski definition) is 2. The largest absolute Gasteiger partial charge is 0.384 e. The first kappa shape index (κ1) is 8.68. The van der Waals surface area contributed by atoms with Crippen LogP contribution in [0.4, 0.5) is 5.82 Å². The van der Waals surface area contributed by atoms with E-state index in [0.717, 1.165) is 12.1 Å². The van der Waals surface area contributed by atoms with E-state index in [-0.39, 0.29) is 0 Å². The van der Waals surface area contributed by atoms with Crippen molar-refractivity contribution in [2.45, 2.75) is 13.3 Å². The smallest absolute Gasteiger partial charge is 0.197 e. The van der Waals surface area contributed by atoms with E-state index in [1.54, 1.807) is 18.5 Å². The number of nitrogen functional groups attached to an aromatic ring is 1. The lowest BCUT2D eigenvalue weighted by Crippen LogP contribution is -2.00. The van der Waals surface area contributed by atoms with Gasteiger partial charge in [-0.25, -0.2) is 15.0 Å². The second-order valence-electron chi connectivity index (χ2n) is 2.90. The third-order valence-corrected chi connectivity index (χ3v) is 1.87. The van der Waals surface area contributed by atoms with E-state index in [1.165, 1.54) is 0 Å². The number of aryl methyl sites for hydroxylation is 1. The van der Waals surface area contributed by atoms with Gasteiger partial charge in [0.2, 0.25) is 0 Å². The molecule has 2 rings (SSSR count). The van der Waals surface area contributed by atoms with Crippen LogP contribution in [0.2, 0.25) is 0 Å². The molecule has 0 saturated heterocycles. The molecule has 0 bridgehead atoms. The van der Waals surface area contributed by atoms with Crippen molar-refractivity contribution in [3.05, 3.63) is 24.2 Å². The normalized spacial score (nSPS) is 10.4. The molecule has 2 aromatic rings. The van der Waals surface area contributed by atoms with Gasteiger partial charge in [0.25, 0.3) is 0 Å². The summed E-state index contributed by atoms with van der Waals surface area (Å²) < 4.78 is 0. The maximum atomic E-state index is 5.65. The standard InChI is InChI=1S/C9H11N5/c1-2-6-5-7(10)14-9(13-6)8-11-3-4-12-8/h3-5H,2H2,1H3,(H,11,12)(H2,10,13,14). The number of hydrogen-bond acceptors (Lipinski definition) is 4. The Morgan fingerprint density at radius 3 is 2.93 bits per heavy atom. The summed E-state index contributed by atoms with van der Waals surface area (Å²) in [7, 11) is 0. The van der Waals surface area contributed by atoms with Crippen LogP contribution in [-0.2, 0) is 6.42 Å². The van der Waals surface area contributed by atoms with Gasteiger partial charge < -0.3 is 10.7 Å². The first-order valence-corrected chi connectivity index (χ1v) is 4.42. The lowest BCUT2D eigenvalue weighted by atomic mass is 10.3. The van der Waals surface area contributed by atoms with Crippen LogP contribution in [0.15, 0.2) is 18.5 Å². The number of aromatic amines is 1. The number of aromatic nitrogens is 4. The van der Waals surface area contributed by atoms with E-state index in [2.05, 4.69) is 19.9 Å². The van der Waals surface area contributed by atoms with E-state index >= 15 is 0 Å². The van der Waals surface area contributed by atoms with Crippen molar-refractivity contribution in [2.24, 2.45) is 0 Å². The van der Waals surface area contributed by atoms with Crippen LogP contribution in [0.1, 0.15) is 12.6 Å². The van der Waals surface area contributed by atoms with Crippen molar-refractivity contribution in [1.29, 1.82) is 0 Å². The monoisotopic (exact) mass is 189 g/mol. The van der Waals surface area contributed by atoms with Gasteiger partial charge in [0.1, 0.15) is 5.82 Å². The Morgan fingerprint density at radius 1 is 1.43 bits per heavy atom. The quantitative estimate of drug-likeness (QED) is 0.738. The van der Waals surface area contributed by atoms with Gasteiger partial charge in [-0.1, -0.05) is 6.92 Å². The first-order valence-electron chi connectivity index (χ1n) is 4.42.